The lowest BCUT2D eigenvalue weighted by atomic mass is 10.2. The van der Waals surface area contributed by atoms with Gasteiger partial charge in [-0.25, -0.2) is 4.79 Å². The molecule has 17 heavy (non-hydrogen) atoms. The van der Waals surface area contributed by atoms with E-state index in [0.717, 1.165) is 0 Å². The van der Waals surface area contributed by atoms with Crippen LogP contribution in [0.25, 0.3) is 0 Å². The summed E-state index contributed by atoms with van der Waals surface area (Å²) in [6.07, 6.45) is -0.776. The monoisotopic (exact) mass is 248 g/mol. The Morgan fingerprint density at radius 2 is 1.71 bits per heavy atom. The van der Waals surface area contributed by atoms with Crippen LogP contribution in [0.4, 0.5) is 0 Å². The molecule has 100 valence electrons. The Morgan fingerprint density at radius 3 is 2.12 bits per heavy atom. The summed E-state index contributed by atoms with van der Waals surface area (Å²) >= 11 is 0. The van der Waals surface area contributed by atoms with Crippen LogP contribution in [0.2, 0.25) is 0 Å². The predicted octanol–water partition coefficient (Wildman–Crippen LogP) is 0.00470. The number of rotatable bonds is 8. The van der Waals surface area contributed by atoms with Crippen molar-refractivity contribution in [1.29, 1.82) is 0 Å². The molecule has 0 amide bonds. The third kappa shape index (κ3) is 6.23. The zero-order valence-electron chi connectivity index (χ0n) is 10.2. The van der Waals surface area contributed by atoms with Gasteiger partial charge in [-0.05, 0) is 12.8 Å². The molecule has 1 atom stereocenters. The van der Waals surface area contributed by atoms with Gasteiger partial charge in [-0.15, -0.1) is 0 Å². The maximum Gasteiger partial charge on any atom is 0.347 e. The molecule has 0 spiro atoms. The Labute approximate surface area is 101 Å². The van der Waals surface area contributed by atoms with Crippen molar-refractivity contribution in [2.75, 3.05) is 13.2 Å². The second-order valence-corrected chi connectivity index (χ2v) is 3.56. The van der Waals surface area contributed by atoms with E-state index in [9.17, 15) is 9.59 Å². The second-order valence-electron chi connectivity index (χ2n) is 3.56. The third-order valence-corrected chi connectivity index (χ3v) is 2.05. The Morgan fingerprint density at radius 1 is 1.12 bits per heavy atom. The first kappa shape index (κ1) is 15.9. The molecule has 0 heterocycles. The highest BCUT2D eigenvalue weighted by atomic mass is 16.6. The van der Waals surface area contributed by atoms with Gasteiger partial charge in [0.15, 0.2) is 6.10 Å². The summed E-state index contributed by atoms with van der Waals surface area (Å²) in [7, 11) is 0. The van der Waals surface area contributed by atoms with Gasteiger partial charge in [0.2, 0.25) is 0 Å². The van der Waals surface area contributed by atoms with Crippen LogP contribution in [-0.2, 0) is 19.1 Å². The molecule has 0 aromatic heterocycles. The van der Waals surface area contributed by atoms with Crippen molar-refractivity contribution in [1.82, 2.24) is 0 Å². The smallest absolute Gasteiger partial charge is 0.347 e. The molecule has 0 aromatic rings. The molecule has 0 bridgehead atoms. The van der Waals surface area contributed by atoms with Gasteiger partial charge in [-0.2, -0.15) is 0 Å². The van der Waals surface area contributed by atoms with E-state index in [2.05, 4.69) is 0 Å². The summed E-state index contributed by atoms with van der Waals surface area (Å²) in [5.74, 6) is -1.20. The third-order valence-electron chi connectivity index (χ3n) is 2.05. The predicted molar refractivity (Wildman–Crippen MR) is 59.1 cm³/mol. The number of aliphatic hydroxyl groups is 2. The minimum atomic E-state index is -0.977. The quantitative estimate of drug-likeness (QED) is 0.587. The molecule has 6 heteroatoms. The largest absolute Gasteiger partial charge is 0.455 e. The summed E-state index contributed by atoms with van der Waals surface area (Å²) in [5, 5.41) is 17.5. The van der Waals surface area contributed by atoms with Gasteiger partial charge >= 0.3 is 11.9 Å². The van der Waals surface area contributed by atoms with Crippen molar-refractivity contribution >= 4 is 11.9 Å². The molecule has 2 N–H and O–H groups in total. The van der Waals surface area contributed by atoms with Crippen molar-refractivity contribution < 1.29 is 29.3 Å². The van der Waals surface area contributed by atoms with E-state index < -0.39 is 37.4 Å². The van der Waals surface area contributed by atoms with Gasteiger partial charge in [0.05, 0.1) is 13.2 Å². The number of carbonyl (C=O) groups excluding carboxylic acids is 2. The van der Waals surface area contributed by atoms with Crippen LogP contribution in [0.3, 0.4) is 0 Å². The molecule has 1 unspecified atom stereocenters. The molecule has 0 radical (unpaired) electrons. The highest BCUT2D eigenvalue weighted by molar-refractivity contribution is 5.79. The van der Waals surface area contributed by atoms with E-state index in [4.69, 9.17) is 19.7 Å². The van der Waals surface area contributed by atoms with E-state index in [0.29, 0.717) is 6.42 Å². The molecular formula is C11H20O6. The summed E-state index contributed by atoms with van der Waals surface area (Å²) in [4.78, 5) is 22.7. The van der Waals surface area contributed by atoms with Crippen LogP contribution in [0.5, 0.6) is 0 Å². The van der Waals surface area contributed by atoms with Crippen molar-refractivity contribution in [3.8, 4) is 0 Å². The van der Waals surface area contributed by atoms with Crippen molar-refractivity contribution in [3.05, 3.63) is 0 Å². The zero-order chi connectivity index (χ0) is 13.3. The van der Waals surface area contributed by atoms with Crippen LogP contribution in [0, 0.1) is 0 Å². The van der Waals surface area contributed by atoms with Gasteiger partial charge in [-0.3, -0.25) is 4.79 Å². The lowest BCUT2D eigenvalue weighted by molar-refractivity contribution is -0.174. The fourth-order valence-electron chi connectivity index (χ4n) is 1.09. The Balaban J connectivity index is 4.25. The van der Waals surface area contributed by atoms with E-state index in [1.165, 1.54) is 0 Å². The summed E-state index contributed by atoms with van der Waals surface area (Å²) in [6.45, 7) is 2.56. The number of carbonyl (C=O) groups is 2. The number of hydrogen-bond acceptors (Lipinski definition) is 6. The van der Waals surface area contributed by atoms with E-state index in [1.807, 2.05) is 6.92 Å². The average molecular weight is 248 g/mol. The van der Waals surface area contributed by atoms with Crippen LogP contribution in [-0.4, -0.2) is 47.6 Å². The van der Waals surface area contributed by atoms with Gasteiger partial charge in [0.25, 0.3) is 0 Å². The Bertz CT molecular complexity index is 236. The van der Waals surface area contributed by atoms with Gasteiger partial charge in [0.1, 0.15) is 6.10 Å². The summed E-state index contributed by atoms with van der Waals surface area (Å²) < 4.78 is 9.68. The fraction of sp³-hybridized carbons (Fsp3) is 0.818. The zero-order valence-corrected chi connectivity index (χ0v) is 10.2. The molecule has 0 aliphatic carbocycles. The maximum absolute atomic E-state index is 11.5. The molecule has 0 aliphatic heterocycles. The SMILES string of the molecule is CCCC(=O)OC(CC)C(=O)OC(CO)CO. The number of esters is 2. The molecule has 0 saturated heterocycles. The minimum Gasteiger partial charge on any atom is -0.455 e. The summed E-state index contributed by atoms with van der Waals surface area (Å²) in [6, 6.07) is 0. The molecule has 0 rings (SSSR count). The van der Waals surface area contributed by atoms with E-state index in [-0.39, 0.29) is 12.8 Å². The van der Waals surface area contributed by atoms with Crippen molar-refractivity contribution in [2.45, 2.75) is 45.3 Å². The lowest BCUT2D eigenvalue weighted by Crippen LogP contribution is -2.34. The first-order chi connectivity index (χ1) is 8.08. The highest BCUT2D eigenvalue weighted by Crippen LogP contribution is 2.06. The minimum absolute atomic E-state index is 0.243. The highest BCUT2D eigenvalue weighted by Gasteiger charge is 2.24. The Hall–Kier alpha value is -1.14. The first-order valence-corrected chi connectivity index (χ1v) is 5.70. The van der Waals surface area contributed by atoms with E-state index in [1.54, 1.807) is 6.92 Å². The van der Waals surface area contributed by atoms with Crippen LogP contribution in [0.1, 0.15) is 33.1 Å². The maximum atomic E-state index is 11.5. The standard InChI is InChI=1S/C11H20O6/c1-3-5-10(14)17-9(4-2)11(15)16-8(6-12)7-13/h8-9,12-13H,3-7H2,1-2H3. The molecule has 0 saturated carbocycles. The van der Waals surface area contributed by atoms with Crippen LogP contribution < -0.4 is 0 Å². The van der Waals surface area contributed by atoms with E-state index >= 15 is 0 Å². The van der Waals surface area contributed by atoms with Crippen LogP contribution >= 0.6 is 0 Å². The molecule has 6 nitrogen and oxygen atoms in total. The van der Waals surface area contributed by atoms with Crippen molar-refractivity contribution in [2.24, 2.45) is 0 Å². The number of aliphatic hydroxyl groups excluding tert-OH is 2. The van der Waals surface area contributed by atoms with Gasteiger partial charge in [-0.1, -0.05) is 13.8 Å². The normalized spacial score (nSPS) is 12.3. The number of ether oxygens (including phenoxy) is 2. The number of hydrogen-bond donors (Lipinski definition) is 2. The molecule has 0 aliphatic rings. The Kier molecular flexibility index (Phi) is 8.35. The second kappa shape index (κ2) is 8.95. The summed E-state index contributed by atoms with van der Waals surface area (Å²) in [5.41, 5.74) is 0. The average Bonchev–Trinajstić information content (AvgIpc) is 2.32. The molecule has 0 fully saturated rings. The van der Waals surface area contributed by atoms with Crippen molar-refractivity contribution in [3.63, 3.8) is 0 Å². The van der Waals surface area contributed by atoms with Gasteiger partial charge in [0, 0.05) is 6.42 Å². The first-order valence-electron chi connectivity index (χ1n) is 5.70. The molecular weight excluding hydrogens is 228 g/mol. The molecule has 0 aromatic carbocycles. The van der Waals surface area contributed by atoms with Crippen LogP contribution in [0.15, 0.2) is 0 Å². The topological polar surface area (TPSA) is 93.1 Å². The fourth-order valence-corrected chi connectivity index (χ4v) is 1.09. The van der Waals surface area contributed by atoms with Gasteiger partial charge < -0.3 is 19.7 Å². The lowest BCUT2D eigenvalue weighted by Gasteiger charge is -2.18.